The summed E-state index contributed by atoms with van der Waals surface area (Å²) < 4.78 is 10.9. The maximum atomic E-state index is 5.99. The minimum Gasteiger partial charge on any atom is -0.496 e. The molecule has 2 heterocycles. The van der Waals surface area contributed by atoms with Crippen LogP contribution >= 0.6 is 24.8 Å². The van der Waals surface area contributed by atoms with Crippen LogP contribution in [-0.2, 0) is 11.3 Å². The van der Waals surface area contributed by atoms with E-state index in [1.807, 2.05) is 6.07 Å². The van der Waals surface area contributed by atoms with Crippen LogP contribution in [-0.4, -0.2) is 43.3 Å². The topological polar surface area (TPSA) is 73.5 Å². The molecule has 1 aliphatic heterocycles. The molecular weight excluding hydrogens is 423 g/mol. The average molecular weight is 455 g/mol. The molecule has 1 aromatic heterocycles. The Labute approximate surface area is 191 Å². The molecule has 6 nitrogen and oxygen atoms in total. The molecule has 1 saturated carbocycles. The summed E-state index contributed by atoms with van der Waals surface area (Å²) in [5.74, 6) is 3.77. The highest BCUT2D eigenvalue weighted by atomic mass is 35.5. The molecule has 8 heteroatoms. The van der Waals surface area contributed by atoms with Crippen LogP contribution in [0.15, 0.2) is 30.3 Å². The summed E-state index contributed by atoms with van der Waals surface area (Å²) in [5.41, 5.74) is 8.42. The number of rotatable bonds is 6. The van der Waals surface area contributed by atoms with Crippen LogP contribution < -0.4 is 15.4 Å². The summed E-state index contributed by atoms with van der Waals surface area (Å²) in [6.07, 6.45) is 4.21. The number of nitrogens with two attached hydrogens (primary N) is 1. The number of ether oxygens (including phenoxy) is 2. The van der Waals surface area contributed by atoms with Gasteiger partial charge < -0.3 is 20.1 Å². The molecular formula is C22H32Cl2N4O2. The van der Waals surface area contributed by atoms with Crippen LogP contribution in [0.1, 0.15) is 54.6 Å². The standard InChI is InChI=1S/C22H30N4O2.2ClH/c1-27-14-21-24-19(16-11-17(23)12-16)13-22(25-21)26-9-7-15(8-10-26)18-5-3-4-6-20(18)28-2;;/h3-6,13,15-17H,7-12,14,23H2,1-2H3;2*1H. The molecule has 0 bridgehead atoms. The molecule has 0 spiro atoms. The molecule has 1 aromatic carbocycles. The molecule has 0 radical (unpaired) electrons. The molecule has 30 heavy (non-hydrogen) atoms. The van der Waals surface area contributed by atoms with Crippen LogP contribution in [0, 0.1) is 0 Å². The van der Waals surface area contributed by atoms with E-state index in [0.29, 0.717) is 24.5 Å². The maximum absolute atomic E-state index is 5.99. The Balaban J connectivity index is 0.00000160. The monoisotopic (exact) mass is 454 g/mol. The van der Waals surface area contributed by atoms with E-state index < -0.39 is 0 Å². The summed E-state index contributed by atoms with van der Waals surface area (Å²) in [6.45, 7) is 2.41. The Morgan fingerprint density at radius 3 is 2.37 bits per heavy atom. The zero-order valence-electron chi connectivity index (χ0n) is 17.6. The number of piperidine rings is 1. The van der Waals surface area contributed by atoms with E-state index in [4.69, 9.17) is 25.2 Å². The van der Waals surface area contributed by atoms with Crippen molar-refractivity contribution in [1.82, 2.24) is 9.97 Å². The number of para-hydroxylation sites is 1. The van der Waals surface area contributed by atoms with Gasteiger partial charge in [-0.25, -0.2) is 9.97 Å². The number of hydrogen-bond acceptors (Lipinski definition) is 6. The van der Waals surface area contributed by atoms with E-state index >= 15 is 0 Å². The highest BCUT2D eigenvalue weighted by molar-refractivity contribution is 5.85. The molecule has 4 rings (SSSR count). The van der Waals surface area contributed by atoms with Gasteiger partial charge in [-0.2, -0.15) is 0 Å². The van der Waals surface area contributed by atoms with Crippen molar-refractivity contribution in [2.45, 2.75) is 50.2 Å². The van der Waals surface area contributed by atoms with Crippen molar-refractivity contribution in [2.24, 2.45) is 5.73 Å². The lowest BCUT2D eigenvalue weighted by Gasteiger charge is -2.35. The zero-order valence-corrected chi connectivity index (χ0v) is 19.3. The lowest BCUT2D eigenvalue weighted by atomic mass is 9.78. The Bertz CT molecular complexity index is 809. The number of nitrogens with zero attached hydrogens (tertiary/aromatic N) is 3. The van der Waals surface area contributed by atoms with Gasteiger partial charge in [0.05, 0.1) is 7.11 Å². The second-order valence-corrected chi connectivity index (χ2v) is 7.93. The number of methoxy groups -OCH3 is 2. The molecule has 1 saturated heterocycles. The molecule has 166 valence electrons. The fourth-order valence-electron chi connectivity index (χ4n) is 4.39. The lowest BCUT2D eigenvalue weighted by molar-refractivity contribution is 0.177. The average Bonchev–Trinajstić information content (AvgIpc) is 2.71. The third-order valence-corrected chi connectivity index (χ3v) is 6.04. The fourth-order valence-corrected chi connectivity index (χ4v) is 4.39. The zero-order chi connectivity index (χ0) is 19.5. The summed E-state index contributed by atoms with van der Waals surface area (Å²) in [6, 6.07) is 10.9. The van der Waals surface area contributed by atoms with Crippen molar-refractivity contribution in [2.75, 3.05) is 32.2 Å². The van der Waals surface area contributed by atoms with E-state index in [2.05, 4.69) is 29.2 Å². The normalized spacial score (nSPS) is 21.2. The number of hydrogen-bond donors (Lipinski definition) is 1. The minimum atomic E-state index is 0. The molecule has 0 amide bonds. The molecule has 2 N–H and O–H groups in total. The molecule has 0 unspecified atom stereocenters. The second kappa shape index (κ2) is 11.1. The highest BCUT2D eigenvalue weighted by Crippen LogP contribution is 2.38. The largest absolute Gasteiger partial charge is 0.496 e. The van der Waals surface area contributed by atoms with Gasteiger partial charge in [0.25, 0.3) is 0 Å². The summed E-state index contributed by atoms with van der Waals surface area (Å²) >= 11 is 0. The molecule has 2 fully saturated rings. The van der Waals surface area contributed by atoms with Crippen molar-refractivity contribution in [3.8, 4) is 5.75 Å². The van der Waals surface area contributed by atoms with Gasteiger partial charge in [-0.1, -0.05) is 18.2 Å². The number of anilines is 1. The smallest absolute Gasteiger partial charge is 0.156 e. The Morgan fingerprint density at radius 2 is 1.73 bits per heavy atom. The van der Waals surface area contributed by atoms with E-state index in [1.165, 1.54) is 5.56 Å². The van der Waals surface area contributed by atoms with Gasteiger partial charge in [0.15, 0.2) is 5.82 Å². The van der Waals surface area contributed by atoms with E-state index in [-0.39, 0.29) is 24.8 Å². The van der Waals surface area contributed by atoms with Crippen molar-refractivity contribution >= 4 is 30.6 Å². The second-order valence-electron chi connectivity index (χ2n) is 7.93. The first-order valence-corrected chi connectivity index (χ1v) is 10.2. The van der Waals surface area contributed by atoms with Gasteiger partial charge >= 0.3 is 0 Å². The fraction of sp³-hybridized carbons (Fsp3) is 0.545. The molecule has 2 aromatic rings. The Hall–Kier alpha value is -1.60. The third kappa shape index (κ3) is 5.35. The van der Waals surface area contributed by atoms with E-state index in [1.54, 1.807) is 14.2 Å². The first kappa shape index (κ1) is 24.7. The van der Waals surface area contributed by atoms with Crippen molar-refractivity contribution < 1.29 is 9.47 Å². The highest BCUT2D eigenvalue weighted by Gasteiger charge is 2.30. The van der Waals surface area contributed by atoms with Crippen molar-refractivity contribution in [1.29, 1.82) is 0 Å². The molecule has 1 aliphatic carbocycles. The van der Waals surface area contributed by atoms with Crippen LogP contribution in [0.25, 0.3) is 0 Å². The van der Waals surface area contributed by atoms with Crippen molar-refractivity contribution in [3.63, 3.8) is 0 Å². The quantitative estimate of drug-likeness (QED) is 0.708. The van der Waals surface area contributed by atoms with Crippen LogP contribution in [0.3, 0.4) is 0 Å². The van der Waals surface area contributed by atoms with Crippen LogP contribution in [0.2, 0.25) is 0 Å². The third-order valence-electron chi connectivity index (χ3n) is 6.04. The van der Waals surface area contributed by atoms with E-state index in [0.717, 1.165) is 61.9 Å². The molecule has 0 atom stereocenters. The molecule has 2 aliphatic rings. The predicted molar refractivity (Wildman–Crippen MR) is 124 cm³/mol. The lowest BCUT2D eigenvalue weighted by Crippen LogP contribution is -2.36. The van der Waals surface area contributed by atoms with Gasteiger partial charge in [0.2, 0.25) is 0 Å². The maximum Gasteiger partial charge on any atom is 0.156 e. The van der Waals surface area contributed by atoms with Gasteiger partial charge in [0, 0.05) is 43.9 Å². The van der Waals surface area contributed by atoms with Crippen molar-refractivity contribution in [3.05, 3.63) is 47.4 Å². The minimum absolute atomic E-state index is 0. The van der Waals surface area contributed by atoms with Gasteiger partial charge in [-0.05, 0) is 43.2 Å². The number of benzene rings is 1. The first-order chi connectivity index (χ1) is 13.7. The number of halogens is 2. The van der Waals surface area contributed by atoms with Gasteiger partial charge in [-0.3, -0.25) is 0 Å². The summed E-state index contributed by atoms with van der Waals surface area (Å²) in [7, 11) is 3.44. The van der Waals surface area contributed by atoms with Gasteiger partial charge in [0.1, 0.15) is 18.2 Å². The number of aromatic nitrogens is 2. The Morgan fingerprint density at radius 1 is 1.03 bits per heavy atom. The first-order valence-electron chi connectivity index (χ1n) is 10.2. The SMILES string of the molecule is COCc1nc(C2CC(N)C2)cc(N2CCC(c3ccccc3OC)CC2)n1.Cl.Cl. The summed E-state index contributed by atoms with van der Waals surface area (Å²) in [5, 5.41) is 0. The predicted octanol–water partition coefficient (Wildman–Crippen LogP) is 4.06. The van der Waals surface area contributed by atoms with Gasteiger partial charge in [-0.15, -0.1) is 24.8 Å². The van der Waals surface area contributed by atoms with Crippen LogP contribution in [0.4, 0.5) is 5.82 Å². The Kier molecular flexibility index (Phi) is 9.16. The van der Waals surface area contributed by atoms with E-state index in [9.17, 15) is 0 Å². The summed E-state index contributed by atoms with van der Waals surface area (Å²) in [4.78, 5) is 11.9. The van der Waals surface area contributed by atoms with Crippen LogP contribution in [0.5, 0.6) is 5.75 Å².